The second-order valence-electron chi connectivity index (χ2n) is 6.01. The molecule has 1 fully saturated rings. The van der Waals surface area contributed by atoms with Crippen molar-refractivity contribution in [3.63, 3.8) is 0 Å². The first kappa shape index (κ1) is 16.5. The summed E-state index contributed by atoms with van der Waals surface area (Å²) in [6.45, 7) is 0.923. The van der Waals surface area contributed by atoms with Crippen LogP contribution in [0.15, 0.2) is 36.8 Å². The first-order chi connectivity index (χ1) is 12.6. The highest BCUT2D eigenvalue weighted by molar-refractivity contribution is 6.29. The Hall–Kier alpha value is -3.00. The summed E-state index contributed by atoms with van der Waals surface area (Å²) in [4.78, 5) is 29.8. The molecule has 8 nitrogen and oxygen atoms in total. The van der Waals surface area contributed by atoms with E-state index in [1.807, 2.05) is 6.07 Å². The highest BCUT2D eigenvalue weighted by Crippen LogP contribution is 2.26. The third kappa shape index (κ3) is 3.23. The Morgan fingerprint density at radius 2 is 2.19 bits per heavy atom. The van der Waals surface area contributed by atoms with Gasteiger partial charge in [0.2, 0.25) is 0 Å². The molecule has 0 bridgehead atoms. The highest BCUT2D eigenvalue weighted by Gasteiger charge is 2.26. The minimum absolute atomic E-state index is 0.00811. The van der Waals surface area contributed by atoms with Crippen LogP contribution in [0.4, 0.5) is 10.6 Å². The smallest absolute Gasteiger partial charge is 0.407 e. The number of likely N-dealkylation sites (tertiary alicyclic amines) is 1. The lowest BCUT2D eigenvalue weighted by atomic mass is 10.2. The van der Waals surface area contributed by atoms with Crippen molar-refractivity contribution in [2.24, 2.45) is 0 Å². The monoisotopic (exact) mass is 370 g/mol. The van der Waals surface area contributed by atoms with Crippen LogP contribution in [-0.2, 0) is 0 Å². The van der Waals surface area contributed by atoms with Crippen molar-refractivity contribution in [1.29, 1.82) is 0 Å². The van der Waals surface area contributed by atoms with Crippen LogP contribution in [0, 0.1) is 0 Å². The summed E-state index contributed by atoms with van der Waals surface area (Å²) in [5.41, 5.74) is 1.44. The number of halogens is 1. The number of carboxylic acid groups (broad SMARTS) is 1. The Morgan fingerprint density at radius 3 is 2.96 bits per heavy atom. The molecule has 0 aliphatic carbocycles. The number of fused-ring (bicyclic) bond motifs is 1. The predicted octanol–water partition coefficient (Wildman–Crippen LogP) is 2.90. The zero-order chi connectivity index (χ0) is 18.1. The quantitative estimate of drug-likeness (QED) is 0.683. The maximum atomic E-state index is 11.1. The Bertz CT molecular complexity index is 982. The second-order valence-corrected chi connectivity index (χ2v) is 6.40. The fourth-order valence-electron chi connectivity index (χ4n) is 3.01. The Balaban J connectivity index is 1.72. The molecule has 1 aliphatic heterocycles. The largest absolute Gasteiger partial charge is 0.465 e. The van der Waals surface area contributed by atoms with E-state index in [2.05, 4.69) is 25.3 Å². The molecule has 26 heavy (non-hydrogen) atoms. The molecule has 9 heteroatoms. The van der Waals surface area contributed by atoms with Crippen LogP contribution in [0.5, 0.6) is 0 Å². The van der Waals surface area contributed by atoms with Crippen LogP contribution >= 0.6 is 11.6 Å². The third-order valence-corrected chi connectivity index (χ3v) is 4.49. The lowest BCUT2D eigenvalue weighted by molar-refractivity contribution is 0.155. The van der Waals surface area contributed by atoms with Gasteiger partial charge in [-0.1, -0.05) is 11.6 Å². The molecule has 132 valence electrons. The van der Waals surface area contributed by atoms with Crippen LogP contribution in [0.2, 0.25) is 5.15 Å². The average Bonchev–Trinajstić information content (AvgIpc) is 3.10. The Morgan fingerprint density at radius 1 is 1.31 bits per heavy atom. The third-order valence-electron chi connectivity index (χ3n) is 4.28. The van der Waals surface area contributed by atoms with Crippen molar-refractivity contribution in [1.82, 2.24) is 24.8 Å². The molecular weight excluding hydrogens is 356 g/mol. The van der Waals surface area contributed by atoms with Gasteiger partial charge in [-0.25, -0.2) is 19.7 Å². The zero-order valence-electron chi connectivity index (χ0n) is 13.6. The molecule has 0 unspecified atom stereocenters. The number of anilines is 1. The van der Waals surface area contributed by atoms with Gasteiger partial charge in [0.05, 0.1) is 11.7 Å². The van der Waals surface area contributed by atoms with Crippen molar-refractivity contribution in [3.8, 4) is 11.4 Å². The topological polar surface area (TPSA) is 104 Å². The second kappa shape index (κ2) is 6.72. The zero-order valence-corrected chi connectivity index (χ0v) is 14.4. The minimum atomic E-state index is -0.904. The molecule has 0 radical (unpaired) electrons. The number of amides is 1. The summed E-state index contributed by atoms with van der Waals surface area (Å²) in [7, 11) is 0. The van der Waals surface area contributed by atoms with E-state index in [0.717, 1.165) is 17.4 Å². The van der Waals surface area contributed by atoms with Gasteiger partial charge in [-0.3, -0.25) is 4.98 Å². The van der Waals surface area contributed by atoms with Gasteiger partial charge in [0, 0.05) is 42.5 Å². The number of nitrogens with zero attached hydrogens (tertiary/aromatic N) is 5. The van der Waals surface area contributed by atoms with Crippen molar-refractivity contribution in [2.45, 2.75) is 12.5 Å². The molecule has 0 saturated carbocycles. The maximum Gasteiger partial charge on any atom is 0.407 e. The van der Waals surface area contributed by atoms with Crippen LogP contribution in [0.25, 0.3) is 22.3 Å². The Labute approximate surface area is 153 Å². The van der Waals surface area contributed by atoms with Gasteiger partial charge < -0.3 is 15.3 Å². The summed E-state index contributed by atoms with van der Waals surface area (Å²) >= 11 is 5.98. The standard InChI is InChI=1S/C17H15ClN6O2/c18-14-7-10(1-5-20-14)15-22-13-8-19-4-2-12(13)16(23-15)21-11-3-6-24(9-11)17(25)26/h1-2,4-5,7-8,11H,3,6,9H2,(H,25,26)(H,21,22,23)/t11-/m1/s1. The lowest BCUT2D eigenvalue weighted by Crippen LogP contribution is -2.30. The summed E-state index contributed by atoms with van der Waals surface area (Å²) in [5, 5.41) is 13.7. The number of aromatic nitrogens is 4. The van der Waals surface area contributed by atoms with E-state index in [9.17, 15) is 4.79 Å². The van der Waals surface area contributed by atoms with E-state index >= 15 is 0 Å². The summed E-state index contributed by atoms with van der Waals surface area (Å²) in [6.07, 6.45) is 4.77. The first-order valence-corrected chi connectivity index (χ1v) is 8.46. The normalized spacial score (nSPS) is 16.8. The first-order valence-electron chi connectivity index (χ1n) is 8.08. The van der Waals surface area contributed by atoms with E-state index in [4.69, 9.17) is 16.7 Å². The minimum Gasteiger partial charge on any atom is -0.465 e. The molecule has 3 aromatic rings. The van der Waals surface area contributed by atoms with Gasteiger partial charge in [-0.05, 0) is 24.6 Å². The highest BCUT2D eigenvalue weighted by atomic mass is 35.5. The number of nitrogens with one attached hydrogen (secondary N) is 1. The van der Waals surface area contributed by atoms with E-state index in [0.29, 0.717) is 35.4 Å². The van der Waals surface area contributed by atoms with Crippen molar-refractivity contribution in [3.05, 3.63) is 41.9 Å². The number of pyridine rings is 2. The van der Waals surface area contributed by atoms with Crippen LogP contribution in [0.1, 0.15) is 6.42 Å². The maximum absolute atomic E-state index is 11.1. The molecule has 1 saturated heterocycles. The molecule has 4 heterocycles. The molecule has 1 aliphatic rings. The van der Waals surface area contributed by atoms with E-state index < -0.39 is 6.09 Å². The number of rotatable bonds is 3. The summed E-state index contributed by atoms with van der Waals surface area (Å²) in [5.74, 6) is 1.16. The SMILES string of the molecule is O=C(O)N1CC[C@@H](Nc2nc(-c3ccnc(Cl)c3)nc3cnccc23)C1. The molecular formula is C17H15ClN6O2. The molecule has 1 atom stereocenters. The molecule has 3 aromatic heterocycles. The molecule has 2 N–H and O–H groups in total. The fourth-order valence-corrected chi connectivity index (χ4v) is 3.18. The summed E-state index contributed by atoms with van der Waals surface area (Å²) in [6, 6.07) is 5.32. The predicted molar refractivity (Wildman–Crippen MR) is 97.2 cm³/mol. The fraction of sp³-hybridized carbons (Fsp3) is 0.235. The van der Waals surface area contributed by atoms with Crippen molar-refractivity contribution < 1.29 is 9.90 Å². The van der Waals surface area contributed by atoms with Gasteiger partial charge in [0.1, 0.15) is 11.0 Å². The van der Waals surface area contributed by atoms with Crippen LogP contribution in [-0.4, -0.2) is 55.2 Å². The van der Waals surface area contributed by atoms with Crippen LogP contribution < -0.4 is 5.32 Å². The van der Waals surface area contributed by atoms with E-state index in [-0.39, 0.29) is 6.04 Å². The van der Waals surface area contributed by atoms with Gasteiger partial charge in [0.25, 0.3) is 0 Å². The van der Waals surface area contributed by atoms with Crippen LogP contribution in [0.3, 0.4) is 0 Å². The van der Waals surface area contributed by atoms with Gasteiger partial charge in [-0.2, -0.15) is 0 Å². The number of carbonyl (C=O) groups is 1. The van der Waals surface area contributed by atoms with Crippen molar-refractivity contribution >= 4 is 34.4 Å². The molecule has 1 amide bonds. The molecule has 4 rings (SSSR count). The molecule has 0 aromatic carbocycles. The Kier molecular flexibility index (Phi) is 4.26. The van der Waals surface area contributed by atoms with Gasteiger partial charge in [-0.15, -0.1) is 0 Å². The van der Waals surface area contributed by atoms with E-state index in [1.165, 1.54) is 4.90 Å². The molecule has 0 spiro atoms. The number of hydrogen-bond acceptors (Lipinski definition) is 6. The van der Waals surface area contributed by atoms with Gasteiger partial charge in [0.15, 0.2) is 5.82 Å². The van der Waals surface area contributed by atoms with Crippen molar-refractivity contribution in [2.75, 3.05) is 18.4 Å². The number of hydrogen-bond donors (Lipinski definition) is 2. The lowest BCUT2D eigenvalue weighted by Gasteiger charge is -2.16. The van der Waals surface area contributed by atoms with E-state index in [1.54, 1.807) is 30.7 Å². The summed E-state index contributed by atoms with van der Waals surface area (Å²) < 4.78 is 0. The average molecular weight is 371 g/mol. The van der Waals surface area contributed by atoms with Gasteiger partial charge >= 0.3 is 6.09 Å².